The van der Waals surface area contributed by atoms with E-state index in [1.807, 2.05) is 91.9 Å². The molecule has 218 valence electrons. The van der Waals surface area contributed by atoms with Crippen molar-refractivity contribution < 1.29 is 28.5 Å². The van der Waals surface area contributed by atoms with E-state index in [1.165, 1.54) is 16.7 Å². The predicted octanol–water partition coefficient (Wildman–Crippen LogP) is 6.18. The van der Waals surface area contributed by atoms with Crippen LogP contribution in [0.15, 0.2) is 114 Å². The Balaban J connectivity index is 1.29. The Morgan fingerprint density at radius 2 is 1.42 bits per heavy atom. The van der Waals surface area contributed by atoms with Crippen molar-refractivity contribution in [2.75, 3.05) is 6.61 Å². The summed E-state index contributed by atoms with van der Waals surface area (Å²) in [7, 11) is 0. The van der Waals surface area contributed by atoms with Crippen LogP contribution in [0.2, 0.25) is 0 Å². The van der Waals surface area contributed by atoms with Gasteiger partial charge in [-0.05, 0) is 36.8 Å². The number of rotatable bonds is 7. The molecule has 2 amide bonds. The number of hydrogen-bond donors (Lipinski definition) is 0. The third-order valence-corrected chi connectivity index (χ3v) is 9.23. The van der Waals surface area contributed by atoms with Crippen molar-refractivity contribution in [2.24, 2.45) is 0 Å². The van der Waals surface area contributed by atoms with Crippen molar-refractivity contribution in [3.8, 4) is 0 Å². The van der Waals surface area contributed by atoms with Crippen LogP contribution < -0.4 is 0 Å². The van der Waals surface area contributed by atoms with E-state index in [-0.39, 0.29) is 25.0 Å². The third kappa shape index (κ3) is 5.53. The monoisotopic (exact) mass is 593 g/mol. The van der Waals surface area contributed by atoms with E-state index in [9.17, 15) is 9.59 Å². The highest BCUT2D eigenvalue weighted by Crippen LogP contribution is 2.43. The Kier molecular flexibility index (Phi) is 7.86. The van der Waals surface area contributed by atoms with Crippen molar-refractivity contribution in [3.63, 3.8) is 0 Å². The molecule has 0 bridgehead atoms. The number of carbonyl (C=O) groups excluding carboxylic acids is 2. The van der Waals surface area contributed by atoms with E-state index in [0.29, 0.717) is 11.1 Å². The van der Waals surface area contributed by atoms with Gasteiger partial charge in [-0.25, -0.2) is 0 Å². The fourth-order valence-corrected chi connectivity index (χ4v) is 7.07. The van der Waals surface area contributed by atoms with Gasteiger partial charge in [-0.3, -0.25) is 14.5 Å². The van der Waals surface area contributed by atoms with Gasteiger partial charge in [0, 0.05) is 10.5 Å². The quantitative estimate of drug-likeness (QED) is 0.237. The second-order valence-electron chi connectivity index (χ2n) is 10.9. The van der Waals surface area contributed by atoms with Crippen LogP contribution in [0.4, 0.5) is 0 Å². The molecule has 7 rings (SSSR count). The van der Waals surface area contributed by atoms with Crippen molar-refractivity contribution in [1.29, 1.82) is 0 Å². The number of ether oxygens (including phenoxy) is 4. The molecule has 0 unspecified atom stereocenters. The predicted molar refractivity (Wildman–Crippen MR) is 161 cm³/mol. The highest BCUT2D eigenvalue weighted by Gasteiger charge is 2.56. The topological polar surface area (TPSA) is 74.3 Å². The summed E-state index contributed by atoms with van der Waals surface area (Å²) in [5.74, 6) is -0.718. The minimum absolute atomic E-state index is 0.273. The molecular formula is C35H31NO6S. The van der Waals surface area contributed by atoms with Crippen LogP contribution in [0, 0.1) is 6.92 Å². The van der Waals surface area contributed by atoms with Gasteiger partial charge in [-0.1, -0.05) is 102 Å². The second-order valence-corrected chi connectivity index (χ2v) is 12.1. The summed E-state index contributed by atoms with van der Waals surface area (Å²) in [5, 5.41) is 0. The van der Waals surface area contributed by atoms with Gasteiger partial charge < -0.3 is 18.9 Å². The summed E-state index contributed by atoms with van der Waals surface area (Å²) in [6, 6.07) is 33.8. The average Bonchev–Trinajstić information content (AvgIpc) is 3.30. The van der Waals surface area contributed by atoms with E-state index in [2.05, 4.69) is 0 Å². The number of nitrogens with zero attached hydrogens (tertiary/aromatic N) is 1. The lowest BCUT2D eigenvalue weighted by Crippen LogP contribution is -2.67. The molecule has 0 saturated carbocycles. The molecule has 0 aliphatic carbocycles. The number of imide groups is 1. The van der Waals surface area contributed by atoms with Crippen LogP contribution in [0.25, 0.3) is 0 Å². The number of benzene rings is 4. The van der Waals surface area contributed by atoms with Gasteiger partial charge in [0.1, 0.15) is 29.8 Å². The van der Waals surface area contributed by atoms with Crippen LogP contribution in [0.5, 0.6) is 0 Å². The molecule has 0 aromatic heterocycles. The number of hydrogen-bond acceptors (Lipinski definition) is 7. The summed E-state index contributed by atoms with van der Waals surface area (Å²) in [5.41, 5.74) is 3.11. The summed E-state index contributed by atoms with van der Waals surface area (Å²) in [4.78, 5) is 30.2. The summed E-state index contributed by atoms with van der Waals surface area (Å²) < 4.78 is 26.2. The Hall–Kier alpha value is -3.79. The molecule has 43 heavy (non-hydrogen) atoms. The lowest BCUT2D eigenvalue weighted by Gasteiger charge is -2.51. The Labute approximate surface area is 254 Å². The van der Waals surface area contributed by atoms with Gasteiger partial charge in [0.2, 0.25) is 0 Å². The van der Waals surface area contributed by atoms with Crippen molar-refractivity contribution in [3.05, 3.63) is 137 Å². The zero-order valence-corrected chi connectivity index (χ0v) is 24.4. The number of fused-ring (bicyclic) bond motifs is 2. The standard InChI is InChI=1S/C35H31NO6S/c1-22-16-18-25(19-17-22)43-35-29(36-32(37)26-14-8-9-15-27(26)33(36)38)31(39-20-23-10-4-2-5-11-23)30-28(41-35)21-40-34(42-30)24-12-6-3-7-13-24/h2-19,28-31,34-35H,20-21H2,1H3/t28-,29-,30-,31-,34-,35+/m1/s1. The molecule has 3 heterocycles. The molecule has 6 atom stereocenters. The Bertz CT molecular complexity index is 1560. The van der Waals surface area contributed by atoms with E-state index >= 15 is 0 Å². The fraction of sp³-hybridized carbons (Fsp3) is 0.257. The third-order valence-electron chi connectivity index (χ3n) is 8.06. The smallest absolute Gasteiger partial charge is 0.262 e. The van der Waals surface area contributed by atoms with E-state index in [0.717, 1.165) is 21.6 Å². The first kappa shape index (κ1) is 28.0. The first-order valence-electron chi connectivity index (χ1n) is 14.4. The Morgan fingerprint density at radius 3 is 2.09 bits per heavy atom. The molecule has 2 saturated heterocycles. The Morgan fingerprint density at radius 1 is 0.791 bits per heavy atom. The van der Waals surface area contributed by atoms with Gasteiger partial charge in [0.05, 0.1) is 24.3 Å². The minimum atomic E-state index is -0.779. The molecule has 0 spiro atoms. The van der Waals surface area contributed by atoms with Gasteiger partial charge in [0.25, 0.3) is 11.8 Å². The zero-order chi connectivity index (χ0) is 29.3. The first-order valence-corrected chi connectivity index (χ1v) is 15.3. The van der Waals surface area contributed by atoms with Crippen LogP contribution in [-0.4, -0.2) is 53.1 Å². The summed E-state index contributed by atoms with van der Waals surface area (Å²) >= 11 is 1.47. The number of thioether (sulfide) groups is 1. The van der Waals surface area contributed by atoms with Gasteiger partial charge >= 0.3 is 0 Å². The van der Waals surface area contributed by atoms with E-state index in [1.54, 1.807) is 24.3 Å². The van der Waals surface area contributed by atoms with Crippen molar-refractivity contribution in [1.82, 2.24) is 4.90 Å². The largest absolute Gasteiger partial charge is 0.368 e. The number of carbonyl (C=O) groups is 2. The van der Waals surface area contributed by atoms with Gasteiger partial charge in [-0.15, -0.1) is 0 Å². The lowest BCUT2D eigenvalue weighted by atomic mass is 9.95. The maximum Gasteiger partial charge on any atom is 0.262 e. The first-order chi connectivity index (χ1) is 21.1. The van der Waals surface area contributed by atoms with E-state index in [4.69, 9.17) is 18.9 Å². The minimum Gasteiger partial charge on any atom is -0.368 e. The highest BCUT2D eigenvalue weighted by atomic mass is 32.2. The number of amides is 2. The number of aryl methyl sites for hydroxylation is 1. The fourth-order valence-electron chi connectivity index (χ4n) is 5.90. The van der Waals surface area contributed by atoms with Gasteiger partial charge in [0.15, 0.2) is 6.29 Å². The van der Waals surface area contributed by atoms with Crippen LogP contribution in [0.1, 0.15) is 43.7 Å². The zero-order valence-electron chi connectivity index (χ0n) is 23.6. The molecule has 7 nitrogen and oxygen atoms in total. The van der Waals surface area contributed by atoms with Crippen LogP contribution in [0.3, 0.4) is 0 Å². The highest BCUT2D eigenvalue weighted by molar-refractivity contribution is 7.99. The van der Waals surface area contributed by atoms with Crippen LogP contribution >= 0.6 is 11.8 Å². The molecule has 0 N–H and O–H groups in total. The second kappa shape index (κ2) is 12.1. The molecule has 4 aromatic carbocycles. The molecule has 4 aromatic rings. The molecular weight excluding hydrogens is 562 g/mol. The van der Waals surface area contributed by atoms with Gasteiger partial charge in [-0.2, -0.15) is 0 Å². The molecule has 2 fully saturated rings. The molecule has 8 heteroatoms. The normalized spacial score (nSPS) is 26.7. The SMILES string of the molecule is Cc1ccc(S[C@@H]2O[C@@H]3CO[C@@H](c4ccccc4)O[C@H]3[C@H](OCc3ccccc3)[C@H]2N2C(=O)c3ccccc3C2=O)cc1. The van der Waals surface area contributed by atoms with E-state index < -0.39 is 36.1 Å². The van der Waals surface area contributed by atoms with Crippen molar-refractivity contribution >= 4 is 23.6 Å². The summed E-state index contributed by atoms with van der Waals surface area (Å²) in [6.07, 6.45) is -2.42. The lowest BCUT2D eigenvalue weighted by molar-refractivity contribution is -0.316. The summed E-state index contributed by atoms with van der Waals surface area (Å²) in [6.45, 7) is 2.58. The molecule has 0 radical (unpaired) electrons. The molecule has 3 aliphatic heterocycles. The maximum absolute atomic E-state index is 13.9. The van der Waals surface area contributed by atoms with Crippen LogP contribution in [-0.2, 0) is 25.6 Å². The maximum atomic E-state index is 13.9. The van der Waals surface area contributed by atoms with Crippen molar-refractivity contribution in [2.45, 2.75) is 54.5 Å². The average molecular weight is 594 g/mol. The molecule has 3 aliphatic rings.